The van der Waals surface area contributed by atoms with E-state index in [4.69, 9.17) is 9.47 Å². The molecule has 1 aromatic rings. The van der Waals surface area contributed by atoms with Crippen molar-refractivity contribution >= 4 is 5.91 Å². The molecule has 0 saturated carbocycles. The number of rotatable bonds is 8. The van der Waals surface area contributed by atoms with Gasteiger partial charge < -0.3 is 14.8 Å². The molecular weight excluding hydrogens is 212 g/mol. The zero-order chi connectivity index (χ0) is 11.6. The van der Waals surface area contributed by atoms with Crippen LogP contribution in [0.1, 0.15) is 5.82 Å². The summed E-state index contributed by atoms with van der Waals surface area (Å²) in [6.45, 7) is 1.48. The Labute approximate surface area is 93.5 Å². The van der Waals surface area contributed by atoms with Crippen molar-refractivity contribution in [3.8, 4) is 0 Å². The molecule has 0 bridgehead atoms. The van der Waals surface area contributed by atoms with Gasteiger partial charge in [-0.2, -0.15) is 5.10 Å². The Balaban J connectivity index is 1.98. The van der Waals surface area contributed by atoms with Crippen LogP contribution in [0.25, 0.3) is 0 Å². The van der Waals surface area contributed by atoms with E-state index < -0.39 is 0 Å². The Bertz CT molecular complexity index is 289. The van der Waals surface area contributed by atoms with Crippen LogP contribution in [-0.4, -0.2) is 54.6 Å². The zero-order valence-corrected chi connectivity index (χ0v) is 9.23. The van der Waals surface area contributed by atoms with E-state index in [0.717, 1.165) is 5.82 Å². The molecule has 0 aliphatic carbocycles. The number of H-pyrrole nitrogens is 1. The number of hydrogen-bond donors (Lipinski definition) is 2. The van der Waals surface area contributed by atoms with Gasteiger partial charge in [0.25, 0.3) is 0 Å². The summed E-state index contributed by atoms with van der Waals surface area (Å²) in [5.41, 5.74) is 0. The third-order valence-electron chi connectivity index (χ3n) is 1.81. The molecule has 0 aromatic carbocycles. The van der Waals surface area contributed by atoms with Gasteiger partial charge in [-0.1, -0.05) is 0 Å². The van der Waals surface area contributed by atoms with Crippen molar-refractivity contribution in [2.45, 2.75) is 6.42 Å². The van der Waals surface area contributed by atoms with Crippen molar-refractivity contribution in [3.05, 3.63) is 12.2 Å². The Morgan fingerprint density at radius 2 is 2.44 bits per heavy atom. The molecule has 0 atom stereocenters. The highest BCUT2D eigenvalue weighted by Gasteiger charge is 2.01. The SMILES string of the molecule is COCCOCC(=O)NCCc1ncn[nH]1. The number of ether oxygens (including phenoxy) is 2. The lowest BCUT2D eigenvalue weighted by Crippen LogP contribution is -2.30. The fourth-order valence-electron chi connectivity index (χ4n) is 1.03. The molecular formula is C9H16N4O3. The van der Waals surface area contributed by atoms with Crippen LogP contribution in [0.4, 0.5) is 0 Å². The first-order valence-electron chi connectivity index (χ1n) is 5.00. The number of aromatic amines is 1. The van der Waals surface area contributed by atoms with Gasteiger partial charge in [-0.3, -0.25) is 9.89 Å². The largest absolute Gasteiger partial charge is 0.382 e. The summed E-state index contributed by atoms with van der Waals surface area (Å²) in [6, 6.07) is 0. The summed E-state index contributed by atoms with van der Waals surface area (Å²) in [4.78, 5) is 15.1. The average molecular weight is 228 g/mol. The molecule has 90 valence electrons. The van der Waals surface area contributed by atoms with E-state index in [1.54, 1.807) is 7.11 Å². The fraction of sp³-hybridized carbons (Fsp3) is 0.667. The molecule has 0 aliphatic heterocycles. The number of aromatic nitrogens is 3. The first-order chi connectivity index (χ1) is 7.83. The molecule has 0 saturated heterocycles. The molecule has 16 heavy (non-hydrogen) atoms. The fourth-order valence-corrected chi connectivity index (χ4v) is 1.03. The molecule has 0 radical (unpaired) electrons. The maximum Gasteiger partial charge on any atom is 0.246 e. The van der Waals surface area contributed by atoms with Crippen molar-refractivity contribution in [1.29, 1.82) is 0 Å². The van der Waals surface area contributed by atoms with E-state index in [-0.39, 0.29) is 12.5 Å². The minimum Gasteiger partial charge on any atom is -0.382 e. The summed E-state index contributed by atoms with van der Waals surface area (Å²) < 4.78 is 9.83. The van der Waals surface area contributed by atoms with Crippen molar-refractivity contribution in [1.82, 2.24) is 20.5 Å². The maximum atomic E-state index is 11.2. The number of nitrogens with one attached hydrogen (secondary N) is 2. The highest BCUT2D eigenvalue weighted by Crippen LogP contribution is 1.85. The predicted molar refractivity (Wildman–Crippen MR) is 55.8 cm³/mol. The normalized spacial score (nSPS) is 10.3. The first-order valence-corrected chi connectivity index (χ1v) is 5.00. The van der Waals surface area contributed by atoms with Crippen LogP contribution in [0.3, 0.4) is 0 Å². The Morgan fingerprint density at radius 3 is 3.12 bits per heavy atom. The highest BCUT2D eigenvalue weighted by atomic mass is 16.5. The van der Waals surface area contributed by atoms with E-state index in [1.165, 1.54) is 6.33 Å². The Morgan fingerprint density at radius 1 is 1.56 bits per heavy atom. The minimum absolute atomic E-state index is 0.0553. The number of nitrogens with zero attached hydrogens (tertiary/aromatic N) is 2. The summed E-state index contributed by atoms with van der Waals surface area (Å²) in [6.07, 6.45) is 2.06. The van der Waals surface area contributed by atoms with Gasteiger partial charge in [-0.15, -0.1) is 0 Å². The Kier molecular flexibility index (Phi) is 6.12. The summed E-state index contributed by atoms with van der Waals surface area (Å²) >= 11 is 0. The van der Waals surface area contributed by atoms with Crippen molar-refractivity contribution in [2.24, 2.45) is 0 Å². The highest BCUT2D eigenvalue weighted by molar-refractivity contribution is 5.77. The van der Waals surface area contributed by atoms with Crippen molar-refractivity contribution in [2.75, 3.05) is 33.5 Å². The molecule has 2 N–H and O–H groups in total. The number of methoxy groups -OCH3 is 1. The molecule has 0 aliphatic rings. The quantitative estimate of drug-likeness (QED) is 0.564. The monoisotopic (exact) mass is 228 g/mol. The summed E-state index contributed by atoms with van der Waals surface area (Å²) in [7, 11) is 1.58. The lowest BCUT2D eigenvalue weighted by atomic mass is 10.4. The van der Waals surface area contributed by atoms with E-state index in [9.17, 15) is 4.79 Å². The van der Waals surface area contributed by atoms with Crippen LogP contribution in [0.2, 0.25) is 0 Å². The topological polar surface area (TPSA) is 89.1 Å². The first kappa shape index (κ1) is 12.6. The Hall–Kier alpha value is -1.47. The van der Waals surface area contributed by atoms with Gasteiger partial charge in [-0.25, -0.2) is 4.98 Å². The van der Waals surface area contributed by atoms with Gasteiger partial charge in [-0.05, 0) is 0 Å². The lowest BCUT2D eigenvalue weighted by molar-refractivity contribution is -0.126. The van der Waals surface area contributed by atoms with Crippen LogP contribution < -0.4 is 5.32 Å². The van der Waals surface area contributed by atoms with Gasteiger partial charge in [0.05, 0.1) is 13.2 Å². The molecule has 7 nitrogen and oxygen atoms in total. The molecule has 7 heteroatoms. The molecule has 1 amide bonds. The van der Waals surface area contributed by atoms with Crippen LogP contribution in [0.5, 0.6) is 0 Å². The average Bonchev–Trinajstić information content (AvgIpc) is 2.77. The molecule has 0 fully saturated rings. The van der Waals surface area contributed by atoms with E-state index in [0.29, 0.717) is 26.2 Å². The number of hydrogen-bond acceptors (Lipinski definition) is 5. The van der Waals surface area contributed by atoms with Crippen LogP contribution >= 0.6 is 0 Å². The van der Waals surface area contributed by atoms with Crippen molar-refractivity contribution in [3.63, 3.8) is 0 Å². The number of amides is 1. The van der Waals surface area contributed by atoms with Gasteiger partial charge in [0.2, 0.25) is 5.91 Å². The van der Waals surface area contributed by atoms with Crippen LogP contribution in [0, 0.1) is 0 Å². The van der Waals surface area contributed by atoms with E-state index in [2.05, 4.69) is 20.5 Å². The van der Waals surface area contributed by atoms with Crippen LogP contribution in [-0.2, 0) is 20.7 Å². The molecule has 1 heterocycles. The smallest absolute Gasteiger partial charge is 0.246 e. The molecule has 1 aromatic heterocycles. The molecule has 1 rings (SSSR count). The van der Waals surface area contributed by atoms with Gasteiger partial charge >= 0.3 is 0 Å². The summed E-state index contributed by atoms with van der Waals surface area (Å²) in [5.74, 6) is 0.608. The number of carbonyl (C=O) groups excluding carboxylic acids is 1. The maximum absolute atomic E-state index is 11.2. The van der Waals surface area contributed by atoms with Crippen LogP contribution in [0.15, 0.2) is 6.33 Å². The van der Waals surface area contributed by atoms with Gasteiger partial charge in [0.15, 0.2) is 0 Å². The zero-order valence-electron chi connectivity index (χ0n) is 9.23. The predicted octanol–water partition coefficient (Wildman–Crippen LogP) is -0.874. The second-order valence-electron chi connectivity index (χ2n) is 3.08. The third kappa shape index (κ3) is 5.42. The minimum atomic E-state index is -0.143. The summed E-state index contributed by atoms with van der Waals surface area (Å²) in [5, 5.41) is 9.12. The van der Waals surface area contributed by atoms with Crippen molar-refractivity contribution < 1.29 is 14.3 Å². The third-order valence-corrected chi connectivity index (χ3v) is 1.81. The molecule has 0 unspecified atom stereocenters. The van der Waals surface area contributed by atoms with Gasteiger partial charge in [0.1, 0.15) is 18.8 Å². The lowest BCUT2D eigenvalue weighted by Gasteiger charge is -2.04. The number of carbonyl (C=O) groups is 1. The van der Waals surface area contributed by atoms with Gasteiger partial charge in [0, 0.05) is 20.1 Å². The second-order valence-corrected chi connectivity index (χ2v) is 3.08. The molecule has 0 spiro atoms. The second kappa shape index (κ2) is 7.77. The van der Waals surface area contributed by atoms with E-state index in [1.807, 2.05) is 0 Å². The van der Waals surface area contributed by atoms with E-state index >= 15 is 0 Å². The standard InChI is InChI=1S/C9H16N4O3/c1-15-4-5-16-6-9(14)10-3-2-8-11-7-12-13-8/h7H,2-6H2,1H3,(H,10,14)(H,11,12,13).